The van der Waals surface area contributed by atoms with Gasteiger partial charge in [-0.3, -0.25) is 14.7 Å². The number of benzene rings is 2. The number of aryl methyl sites for hydroxylation is 2. The summed E-state index contributed by atoms with van der Waals surface area (Å²) in [5.74, 6) is -0.123. The van der Waals surface area contributed by atoms with Gasteiger partial charge in [-0.05, 0) is 48.2 Å². The SMILES string of the molecule is Cc1ccc(C(=O)CCC(=O)NCc2ccc(-c3ccn[nH]3)cc2)cc1C. The molecule has 2 aromatic carbocycles. The quantitative estimate of drug-likeness (QED) is 0.625. The first-order valence-corrected chi connectivity index (χ1v) is 8.99. The molecule has 0 saturated heterocycles. The van der Waals surface area contributed by atoms with E-state index in [9.17, 15) is 9.59 Å². The van der Waals surface area contributed by atoms with E-state index in [0.717, 1.165) is 27.9 Å². The van der Waals surface area contributed by atoms with Crippen LogP contribution in [0.5, 0.6) is 0 Å². The molecular formula is C22H23N3O2. The van der Waals surface area contributed by atoms with Gasteiger partial charge >= 0.3 is 0 Å². The average molecular weight is 361 g/mol. The number of aromatic nitrogens is 2. The number of Topliss-reactive ketones (excluding diaryl/α,β-unsaturated/α-hetero) is 1. The van der Waals surface area contributed by atoms with E-state index in [1.165, 1.54) is 0 Å². The highest BCUT2D eigenvalue weighted by Crippen LogP contribution is 2.16. The molecule has 0 atom stereocenters. The predicted octanol–water partition coefficient (Wildman–Crippen LogP) is 3.97. The second-order valence-corrected chi connectivity index (χ2v) is 6.67. The van der Waals surface area contributed by atoms with Gasteiger partial charge in [-0.25, -0.2) is 0 Å². The molecule has 5 nitrogen and oxygen atoms in total. The number of nitrogens with zero attached hydrogens (tertiary/aromatic N) is 1. The van der Waals surface area contributed by atoms with Crippen molar-refractivity contribution in [3.63, 3.8) is 0 Å². The zero-order chi connectivity index (χ0) is 19.2. The highest BCUT2D eigenvalue weighted by Gasteiger charge is 2.10. The van der Waals surface area contributed by atoms with Crippen LogP contribution >= 0.6 is 0 Å². The monoisotopic (exact) mass is 361 g/mol. The minimum atomic E-state index is -0.121. The average Bonchev–Trinajstić information content (AvgIpc) is 3.22. The maximum absolute atomic E-state index is 12.2. The molecule has 27 heavy (non-hydrogen) atoms. The molecule has 138 valence electrons. The number of rotatable bonds is 7. The summed E-state index contributed by atoms with van der Waals surface area (Å²) in [4.78, 5) is 24.3. The summed E-state index contributed by atoms with van der Waals surface area (Å²) in [6, 6.07) is 15.5. The van der Waals surface area contributed by atoms with Crippen LogP contribution in [0.2, 0.25) is 0 Å². The van der Waals surface area contributed by atoms with Gasteiger partial charge in [0.05, 0.1) is 5.69 Å². The number of nitrogens with one attached hydrogen (secondary N) is 2. The molecule has 0 spiro atoms. The Bertz CT molecular complexity index is 929. The lowest BCUT2D eigenvalue weighted by Crippen LogP contribution is -2.23. The van der Waals surface area contributed by atoms with E-state index in [2.05, 4.69) is 15.5 Å². The third-order valence-corrected chi connectivity index (χ3v) is 4.66. The van der Waals surface area contributed by atoms with E-state index >= 15 is 0 Å². The number of amides is 1. The Morgan fingerprint density at radius 3 is 2.41 bits per heavy atom. The zero-order valence-corrected chi connectivity index (χ0v) is 15.6. The van der Waals surface area contributed by atoms with Crippen molar-refractivity contribution in [2.75, 3.05) is 0 Å². The van der Waals surface area contributed by atoms with Gasteiger partial charge in [-0.1, -0.05) is 36.4 Å². The second kappa shape index (κ2) is 8.45. The Morgan fingerprint density at radius 2 is 1.74 bits per heavy atom. The summed E-state index contributed by atoms with van der Waals surface area (Å²) in [5.41, 5.74) is 5.91. The lowest BCUT2D eigenvalue weighted by Gasteiger charge is -2.07. The van der Waals surface area contributed by atoms with Crippen molar-refractivity contribution in [2.45, 2.75) is 33.2 Å². The first-order chi connectivity index (χ1) is 13.0. The summed E-state index contributed by atoms with van der Waals surface area (Å²) >= 11 is 0. The minimum Gasteiger partial charge on any atom is -0.352 e. The van der Waals surface area contributed by atoms with Gasteiger partial charge in [0.25, 0.3) is 0 Å². The fraction of sp³-hybridized carbons (Fsp3) is 0.227. The fourth-order valence-corrected chi connectivity index (χ4v) is 2.79. The third-order valence-electron chi connectivity index (χ3n) is 4.66. The summed E-state index contributed by atoms with van der Waals surface area (Å²) in [7, 11) is 0. The van der Waals surface area contributed by atoms with Gasteiger partial charge in [-0.15, -0.1) is 0 Å². The van der Waals surface area contributed by atoms with Crippen LogP contribution in [0, 0.1) is 13.8 Å². The topological polar surface area (TPSA) is 74.8 Å². The Kier molecular flexibility index (Phi) is 5.81. The first kappa shape index (κ1) is 18.6. The highest BCUT2D eigenvalue weighted by atomic mass is 16.2. The molecule has 0 radical (unpaired) electrons. The van der Waals surface area contributed by atoms with Crippen LogP contribution in [-0.4, -0.2) is 21.9 Å². The van der Waals surface area contributed by atoms with Crippen LogP contribution in [0.1, 0.15) is 39.9 Å². The maximum Gasteiger partial charge on any atom is 0.220 e. The molecule has 1 heterocycles. The van der Waals surface area contributed by atoms with E-state index in [-0.39, 0.29) is 24.5 Å². The molecule has 3 rings (SSSR count). The Balaban J connectivity index is 1.46. The summed E-state index contributed by atoms with van der Waals surface area (Å²) in [5, 5.41) is 9.72. The normalized spacial score (nSPS) is 10.6. The van der Waals surface area contributed by atoms with Crippen molar-refractivity contribution in [1.82, 2.24) is 15.5 Å². The van der Waals surface area contributed by atoms with E-state index in [1.54, 1.807) is 6.20 Å². The molecule has 0 aliphatic heterocycles. The second-order valence-electron chi connectivity index (χ2n) is 6.67. The molecule has 0 aliphatic rings. The Hall–Kier alpha value is -3.21. The van der Waals surface area contributed by atoms with Crippen LogP contribution in [0.4, 0.5) is 0 Å². The van der Waals surface area contributed by atoms with E-state index in [0.29, 0.717) is 12.1 Å². The lowest BCUT2D eigenvalue weighted by atomic mass is 10.0. The van der Waals surface area contributed by atoms with Crippen molar-refractivity contribution < 1.29 is 9.59 Å². The molecule has 5 heteroatoms. The zero-order valence-electron chi connectivity index (χ0n) is 15.6. The van der Waals surface area contributed by atoms with Crippen molar-refractivity contribution in [1.29, 1.82) is 0 Å². The van der Waals surface area contributed by atoms with Gasteiger partial charge in [0, 0.05) is 31.1 Å². The van der Waals surface area contributed by atoms with Gasteiger partial charge in [-0.2, -0.15) is 5.10 Å². The van der Waals surface area contributed by atoms with Crippen LogP contribution < -0.4 is 5.32 Å². The molecule has 0 aliphatic carbocycles. The van der Waals surface area contributed by atoms with E-state index in [4.69, 9.17) is 0 Å². The Labute approximate surface area is 158 Å². The van der Waals surface area contributed by atoms with Gasteiger partial charge in [0.2, 0.25) is 5.91 Å². The van der Waals surface area contributed by atoms with E-state index < -0.39 is 0 Å². The number of carbonyl (C=O) groups is 2. The number of hydrogen-bond acceptors (Lipinski definition) is 3. The molecule has 0 fully saturated rings. The van der Waals surface area contributed by atoms with Crippen molar-refractivity contribution in [3.8, 4) is 11.3 Å². The summed E-state index contributed by atoms with van der Waals surface area (Å²) < 4.78 is 0. The smallest absolute Gasteiger partial charge is 0.220 e. The van der Waals surface area contributed by atoms with E-state index in [1.807, 2.05) is 62.4 Å². The fourth-order valence-electron chi connectivity index (χ4n) is 2.79. The molecule has 0 bridgehead atoms. The van der Waals surface area contributed by atoms with Gasteiger partial charge in [0.1, 0.15) is 0 Å². The van der Waals surface area contributed by atoms with Crippen LogP contribution in [-0.2, 0) is 11.3 Å². The standard InChI is InChI=1S/C22H23N3O2/c1-15-3-6-19(13-16(15)2)21(26)9-10-22(27)23-14-17-4-7-18(8-5-17)20-11-12-24-25-20/h3-8,11-13H,9-10,14H2,1-2H3,(H,23,27)(H,24,25). The van der Waals surface area contributed by atoms with Crippen molar-refractivity contribution >= 4 is 11.7 Å². The predicted molar refractivity (Wildman–Crippen MR) is 105 cm³/mol. The van der Waals surface area contributed by atoms with Gasteiger partial charge in [0.15, 0.2) is 5.78 Å². The largest absolute Gasteiger partial charge is 0.352 e. The molecule has 0 unspecified atom stereocenters. The maximum atomic E-state index is 12.2. The number of carbonyl (C=O) groups excluding carboxylic acids is 2. The van der Waals surface area contributed by atoms with Crippen molar-refractivity contribution in [3.05, 3.63) is 77.0 Å². The van der Waals surface area contributed by atoms with Crippen LogP contribution in [0.3, 0.4) is 0 Å². The summed E-state index contributed by atoms with van der Waals surface area (Å²) in [6.45, 7) is 4.44. The molecule has 0 saturated carbocycles. The van der Waals surface area contributed by atoms with Gasteiger partial charge < -0.3 is 5.32 Å². The number of ketones is 1. The molecule has 1 amide bonds. The van der Waals surface area contributed by atoms with Crippen LogP contribution in [0.15, 0.2) is 54.7 Å². The van der Waals surface area contributed by atoms with Crippen LogP contribution in [0.25, 0.3) is 11.3 Å². The first-order valence-electron chi connectivity index (χ1n) is 8.99. The number of H-pyrrole nitrogens is 1. The Morgan fingerprint density at radius 1 is 0.963 bits per heavy atom. The minimum absolute atomic E-state index is 0.00263. The molecular weight excluding hydrogens is 338 g/mol. The molecule has 2 N–H and O–H groups in total. The summed E-state index contributed by atoms with van der Waals surface area (Å²) in [6.07, 6.45) is 2.12. The lowest BCUT2D eigenvalue weighted by molar-refractivity contribution is -0.121. The van der Waals surface area contributed by atoms with Crippen molar-refractivity contribution in [2.24, 2.45) is 0 Å². The molecule has 3 aromatic rings. The number of aromatic amines is 1. The molecule has 1 aromatic heterocycles. The highest BCUT2D eigenvalue weighted by molar-refractivity contribution is 5.98. The third kappa shape index (κ3) is 4.91. The number of hydrogen-bond donors (Lipinski definition) is 2.